The van der Waals surface area contributed by atoms with Gasteiger partial charge in [-0.25, -0.2) is 0 Å². The number of benzene rings is 1. The third kappa shape index (κ3) is 7.56. The van der Waals surface area contributed by atoms with Crippen LogP contribution in [0, 0.1) is 42.4 Å². The van der Waals surface area contributed by atoms with Gasteiger partial charge in [-0.2, -0.15) is 0 Å². The van der Waals surface area contributed by atoms with Crippen molar-refractivity contribution >= 4 is 0 Å². The molecule has 2 heteroatoms. The molecule has 0 bridgehead atoms. The Kier molecular flexibility index (Phi) is 7.49. The normalized spacial score (nSPS) is 8.11. The van der Waals surface area contributed by atoms with Crippen LogP contribution >= 0.6 is 0 Å². The summed E-state index contributed by atoms with van der Waals surface area (Å²) in [5, 5.41) is 8.42. The van der Waals surface area contributed by atoms with Gasteiger partial charge in [0.1, 0.15) is 19.0 Å². The summed E-state index contributed by atoms with van der Waals surface area (Å²) in [6, 6.07) is 7.86. The lowest BCUT2D eigenvalue weighted by atomic mass is 10.2. The maximum absolute atomic E-state index is 8.42. The van der Waals surface area contributed by atoms with Crippen LogP contribution in [0.25, 0.3) is 0 Å². The van der Waals surface area contributed by atoms with E-state index in [0.29, 0.717) is 19.4 Å². The Morgan fingerprint density at radius 2 is 1.47 bits per heavy atom. The minimum absolute atomic E-state index is 0.113. The predicted octanol–water partition coefficient (Wildman–Crippen LogP) is 2.16. The average Bonchev–Trinajstić information content (AvgIpc) is 2.43. The van der Waals surface area contributed by atoms with E-state index >= 15 is 0 Å². The number of rotatable bonds is 2. The van der Waals surface area contributed by atoms with E-state index in [9.17, 15) is 0 Å². The molecule has 1 aromatic rings. The lowest BCUT2D eigenvalue weighted by Crippen LogP contribution is -1.93. The fourth-order valence-electron chi connectivity index (χ4n) is 1.20. The lowest BCUT2D eigenvalue weighted by molar-refractivity contribution is 0.350. The molecular formula is C17H16O2. The molecule has 0 fully saturated rings. The molecule has 2 nitrogen and oxygen atoms in total. The van der Waals surface area contributed by atoms with Crippen LogP contribution in [0.15, 0.2) is 24.3 Å². The summed E-state index contributed by atoms with van der Waals surface area (Å²) in [6.07, 6.45) is 0.986. The zero-order valence-electron chi connectivity index (χ0n) is 11.0. The summed E-state index contributed by atoms with van der Waals surface area (Å²) in [6.45, 7) is 2.29. The average molecular weight is 252 g/mol. The van der Waals surface area contributed by atoms with Gasteiger partial charge in [0, 0.05) is 0 Å². The topological polar surface area (TPSA) is 29.5 Å². The van der Waals surface area contributed by atoms with Crippen LogP contribution in [0.4, 0.5) is 0 Å². The van der Waals surface area contributed by atoms with E-state index in [1.807, 2.05) is 31.2 Å². The van der Waals surface area contributed by atoms with Crippen LogP contribution < -0.4 is 4.74 Å². The van der Waals surface area contributed by atoms with E-state index in [1.165, 1.54) is 5.56 Å². The quantitative estimate of drug-likeness (QED) is 0.817. The molecule has 0 spiro atoms. The first-order valence-corrected chi connectivity index (χ1v) is 6.00. The Labute approximate surface area is 114 Å². The zero-order valence-corrected chi connectivity index (χ0v) is 11.0. The number of aliphatic hydroxyl groups is 1. The number of hydrogen-bond acceptors (Lipinski definition) is 2. The van der Waals surface area contributed by atoms with Gasteiger partial charge >= 0.3 is 0 Å². The van der Waals surface area contributed by atoms with E-state index in [2.05, 4.69) is 35.5 Å². The third-order valence-electron chi connectivity index (χ3n) is 2.14. The molecule has 1 aromatic carbocycles. The predicted molar refractivity (Wildman–Crippen MR) is 76.3 cm³/mol. The van der Waals surface area contributed by atoms with Crippen molar-refractivity contribution in [3.63, 3.8) is 0 Å². The van der Waals surface area contributed by atoms with E-state index in [1.54, 1.807) is 0 Å². The van der Waals surface area contributed by atoms with Crippen molar-refractivity contribution < 1.29 is 9.84 Å². The summed E-state index contributed by atoms with van der Waals surface area (Å²) >= 11 is 0. The molecule has 0 radical (unpaired) electrons. The first kappa shape index (κ1) is 14.7. The van der Waals surface area contributed by atoms with Gasteiger partial charge in [0.25, 0.3) is 0 Å². The van der Waals surface area contributed by atoms with Crippen LogP contribution in [-0.4, -0.2) is 18.3 Å². The molecule has 1 rings (SSSR count). The van der Waals surface area contributed by atoms with Gasteiger partial charge in [-0.1, -0.05) is 53.2 Å². The molecular weight excluding hydrogens is 236 g/mol. The lowest BCUT2D eigenvalue weighted by Gasteiger charge is -2.01. The van der Waals surface area contributed by atoms with Gasteiger partial charge in [0.05, 0.1) is 12.8 Å². The number of hydrogen-bond donors (Lipinski definition) is 1. The molecule has 0 saturated carbocycles. The summed E-state index contributed by atoms with van der Waals surface area (Å²) in [4.78, 5) is 0. The minimum Gasteiger partial charge on any atom is -0.481 e. The Morgan fingerprint density at radius 3 is 2.11 bits per heavy atom. The summed E-state index contributed by atoms with van der Waals surface area (Å²) < 4.78 is 5.45. The van der Waals surface area contributed by atoms with Crippen LogP contribution in [0.2, 0.25) is 0 Å². The van der Waals surface area contributed by atoms with Gasteiger partial charge < -0.3 is 9.84 Å². The maximum Gasteiger partial charge on any atom is 0.149 e. The highest BCUT2D eigenvalue weighted by molar-refractivity contribution is 5.26. The molecule has 0 unspecified atom stereocenters. The van der Waals surface area contributed by atoms with Gasteiger partial charge in [0.2, 0.25) is 0 Å². The van der Waals surface area contributed by atoms with Gasteiger partial charge in [-0.15, -0.1) is 0 Å². The van der Waals surface area contributed by atoms with E-state index in [-0.39, 0.29) is 6.61 Å². The fraction of sp³-hybridized carbons (Fsp3) is 0.294. The van der Waals surface area contributed by atoms with Crippen molar-refractivity contribution in [2.45, 2.75) is 19.8 Å². The first-order valence-electron chi connectivity index (χ1n) is 6.00. The third-order valence-corrected chi connectivity index (χ3v) is 2.14. The highest BCUT2D eigenvalue weighted by atomic mass is 16.5. The maximum atomic E-state index is 8.42. The molecule has 96 valence electrons. The highest BCUT2D eigenvalue weighted by Gasteiger charge is 1.89. The van der Waals surface area contributed by atoms with Crippen LogP contribution in [-0.2, 0) is 0 Å². The minimum atomic E-state index is -0.113. The van der Waals surface area contributed by atoms with Crippen molar-refractivity contribution in [2.75, 3.05) is 13.2 Å². The molecule has 0 aliphatic carbocycles. The van der Waals surface area contributed by atoms with Crippen molar-refractivity contribution in [1.29, 1.82) is 0 Å². The van der Waals surface area contributed by atoms with Gasteiger partial charge in [-0.05, 0) is 19.1 Å². The molecule has 1 N–H and O–H groups in total. The van der Waals surface area contributed by atoms with Crippen molar-refractivity contribution in [3.05, 3.63) is 29.8 Å². The second-order valence-electron chi connectivity index (χ2n) is 3.67. The number of aliphatic hydroxyl groups excluding tert-OH is 1. The first-order chi connectivity index (χ1) is 9.33. The monoisotopic (exact) mass is 252 g/mol. The van der Waals surface area contributed by atoms with Gasteiger partial charge in [0.15, 0.2) is 0 Å². The number of aryl methyl sites for hydroxylation is 1. The second kappa shape index (κ2) is 9.67. The molecule has 0 aliphatic rings. The zero-order chi connectivity index (χ0) is 13.8. The Bertz CT molecular complexity index is 551. The van der Waals surface area contributed by atoms with Crippen molar-refractivity contribution in [1.82, 2.24) is 0 Å². The van der Waals surface area contributed by atoms with Gasteiger partial charge in [-0.3, -0.25) is 0 Å². The van der Waals surface area contributed by atoms with Crippen LogP contribution in [0.5, 0.6) is 5.75 Å². The van der Waals surface area contributed by atoms with E-state index in [0.717, 1.165) is 5.75 Å². The molecule has 0 amide bonds. The Morgan fingerprint density at radius 1 is 0.895 bits per heavy atom. The Balaban J connectivity index is 2.19. The summed E-state index contributed by atoms with van der Waals surface area (Å²) in [7, 11) is 0. The highest BCUT2D eigenvalue weighted by Crippen LogP contribution is 2.10. The standard InChI is InChI=1S/C17H16O2/c1-16-10-12-17(13-11-16)19-15-9-7-5-3-2-4-6-8-14-18/h10-13,18H,4-5,14-15H2,1H3. The summed E-state index contributed by atoms with van der Waals surface area (Å²) in [5.41, 5.74) is 1.21. The van der Waals surface area contributed by atoms with E-state index in [4.69, 9.17) is 9.84 Å². The fourth-order valence-corrected chi connectivity index (χ4v) is 1.20. The van der Waals surface area contributed by atoms with Crippen molar-refractivity contribution in [2.24, 2.45) is 0 Å². The number of ether oxygens (including phenoxy) is 1. The molecule has 19 heavy (non-hydrogen) atoms. The van der Waals surface area contributed by atoms with E-state index < -0.39 is 0 Å². The second-order valence-corrected chi connectivity index (χ2v) is 3.67. The SMILES string of the molecule is Cc1ccc(OCC#CCC#CCC#CCO)cc1. The van der Waals surface area contributed by atoms with Crippen molar-refractivity contribution in [3.8, 4) is 41.3 Å². The van der Waals surface area contributed by atoms with Crippen LogP contribution in [0.1, 0.15) is 18.4 Å². The molecule has 0 aliphatic heterocycles. The smallest absolute Gasteiger partial charge is 0.149 e. The molecule has 0 saturated heterocycles. The molecule has 0 atom stereocenters. The molecule has 0 heterocycles. The molecule has 0 aromatic heterocycles. The largest absolute Gasteiger partial charge is 0.481 e. The Hall–Kier alpha value is -2.34. The summed E-state index contributed by atoms with van der Waals surface area (Å²) in [5.74, 6) is 17.6. The van der Waals surface area contributed by atoms with Crippen LogP contribution in [0.3, 0.4) is 0 Å².